The second kappa shape index (κ2) is 10.2. The van der Waals surface area contributed by atoms with E-state index in [1.54, 1.807) is 0 Å². The Hall–Kier alpha value is -0.370. The van der Waals surface area contributed by atoms with Gasteiger partial charge in [0.25, 0.3) is 0 Å². The van der Waals surface area contributed by atoms with Gasteiger partial charge >= 0.3 is 0 Å². The first kappa shape index (κ1) is 21.9. The molecule has 9 heteroatoms. The zero-order valence-corrected chi connectivity index (χ0v) is 17.7. The van der Waals surface area contributed by atoms with Crippen molar-refractivity contribution < 1.29 is 4.74 Å². The molecule has 0 radical (unpaired) electrons. The van der Waals surface area contributed by atoms with Gasteiger partial charge in [0.1, 0.15) is 0 Å². The fourth-order valence-corrected chi connectivity index (χ4v) is 4.68. The molecule has 5 nitrogen and oxygen atoms in total. The molecule has 2 aliphatic heterocycles. The molecule has 0 amide bonds. The molecule has 2 saturated heterocycles. The van der Waals surface area contributed by atoms with Crippen molar-refractivity contribution >= 4 is 64.9 Å². The summed E-state index contributed by atoms with van der Waals surface area (Å²) in [5.41, 5.74) is 3.12. The number of imidazole rings is 1. The maximum atomic E-state index is 6.51. The van der Waals surface area contributed by atoms with Crippen molar-refractivity contribution in [2.45, 2.75) is 18.0 Å². The standard InChI is InChI=1S/C17H23ClN4OS.2ClH/c18-13-9-14-15(10-16(13)22-5-3-19-4-6-22)21-17(20-14)24-11-12-1-7-23-8-2-12;;/h9-10,12,19H,1-8,11H2,(H,20,21);2*1H. The number of anilines is 1. The van der Waals surface area contributed by atoms with Gasteiger partial charge in [-0.3, -0.25) is 0 Å². The van der Waals surface area contributed by atoms with Crippen LogP contribution in [0.25, 0.3) is 11.0 Å². The molecule has 0 unspecified atom stereocenters. The van der Waals surface area contributed by atoms with Crippen LogP contribution >= 0.6 is 48.2 Å². The van der Waals surface area contributed by atoms with E-state index in [0.29, 0.717) is 0 Å². The van der Waals surface area contributed by atoms with Gasteiger partial charge in [-0.1, -0.05) is 23.4 Å². The van der Waals surface area contributed by atoms with E-state index in [1.165, 1.54) is 0 Å². The minimum Gasteiger partial charge on any atom is -0.381 e. The summed E-state index contributed by atoms with van der Waals surface area (Å²) >= 11 is 8.33. The Morgan fingerprint density at radius 1 is 1.19 bits per heavy atom. The summed E-state index contributed by atoms with van der Waals surface area (Å²) in [6.07, 6.45) is 2.32. The van der Waals surface area contributed by atoms with Gasteiger partial charge in [0, 0.05) is 45.1 Å². The number of thioether (sulfide) groups is 1. The molecule has 26 heavy (non-hydrogen) atoms. The first-order valence-electron chi connectivity index (χ1n) is 8.65. The van der Waals surface area contributed by atoms with Crippen LogP contribution < -0.4 is 10.2 Å². The number of aromatic amines is 1. The number of rotatable bonds is 4. The van der Waals surface area contributed by atoms with E-state index in [4.69, 9.17) is 21.3 Å². The minimum absolute atomic E-state index is 0. The van der Waals surface area contributed by atoms with E-state index in [-0.39, 0.29) is 24.8 Å². The van der Waals surface area contributed by atoms with Crippen LogP contribution in [0, 0.1) is 5.92 Å². The second-order valence-electron chi connectivity index (χ2n) is 6.47. The Balaban J connectivity index is 0.00000121. The lowest BCUT2D eigenvalue weighted by Gasteiger charge is -2.30. The van der Waals surface area contributed by atoms with Gasteiger partial charge in [-0.25, -0.2) is 4.98 Å². The summed E-state index contributed by atoms with van der Waals surface area (Å²) < 4.78 is 5.43. The molecule has 2 aliphatic rings. The lowest BCUT2D eigenvalue weighted by molar-refractivity contribution is 0.0728. The number of aromatic nitrogens is 2. The predicted octanol–water partition coefficient (Wildman–Crippen LogP) is 3.99. The van der Waals surface area contributed by atoms with Gasteiger partial charge in [-0.2, -0.15) is 0 Å². The van der Waals surface area contributed by atoms with Crippen LogP contribution in [0.1, 0.15) is 12.8 Å². The fraction of sp³-hybridized carbons (Fsp3) is 0.588. The van der Waals surface area contributed by atoms with E-state index in [2.05, 4.69) is 21.3 Å². The van der Waals surface area contributed by atoms with Crippen LogP contribution in [0.2, 0.25) is 5.02 Å². The largest absolute Gasteiger partial charge is 0.381 e. The number of halogens is 3. The van der Waals surface area contributed by atoms with E-state index in [9.17, 15) is 0 Å². The van der Waals surface area contributed by atoms with Crippen molar-refractivity contribution in [1.29, 1.82) is 0 Å². The van der Waals surface area contributed by atoms with Crippen molar-refractivity contribution in [3.63, 3.8) is 0 Å². The molecule has 0 atom stereocenters. The first-order valence-corrected chi connectivity index (χ1v) is 10.0. The summed E-state index contributed by atoms with van der Waals surface area (Å²) in [5, 5.41) is 5.17. The molecule has 4 rings (SSSR count). The summed E-state index contributed by atoms with van der Waals surface area (Å²) in [7, 11) is 0. The maximum Gasteiger partial charge on any atom is 0.166 e. The third kappa shape index (κ3) is 5.12. The molecule has 0 spiro atoms. The minimum atomic E-state index is 0. The highest BCUT2D eigenvalue weighted by Gasteiger charge is 2.17. The number of hydrogen-bond donors (Lipinski definition) is 2. The molecule has 2 aromatic rings. The lowest BCUT2D eigenvalue weighted by Crippen LogP contribution is -2.43. The zero-order valence-electron chi connectivity index (χ0n) is 14.5. The van der Waals surface area contributed by atoms with Crippen LogP contribution in [0.3, 0.4) is 0 Å². The lowest BCUT2D eigenvalue weighted by atomic mass is 10.0. The fourth-order valence-electron chi connectivity index (χ4n) is 3.32. The van der Waals surface area contributed by atoms with Gasteiger partial charge in [-0.15, -0.1) is 24.8 Å². The van der Waals surface area contributed by atoms with Crippen LogP contribution in [0.5, 0.6) is 0 Å². The average Bonchev–Trinajstić information content (AvgIpc) is 3.02. The molecule has 0 saturated carbocycles. The molecule has 1 aromatic carbocycles. The highest BCUT2D eigenvalue weighted by Crippen LogP contribution is 2.32. The van der Waals surface area contributed by atoms with Crippen molar-refractivity contribution in [2.24, 2.45) is 5.92 Å². The Morgan fingerprint density at radius 3 is 2.65 bits per heavy atom. The van der Waals surface area contributed by atoms with Gasteiger partial charge in [0.2, 0.25) is 0 Å². The van der Waals surface area contributed by atoms with Gasteiger partial charge in [0.15, 0.2) is 5.16 Å². The number of ether oxygens (including phenoxy) is 1. The van der Waals surface area contributed by atoms with Gasteiger partial charge in [0.05, 0.1) is 21.7 Å². The number of nitrogens with one attached hydrogen (secondary N) is 2. The number of hydrogen-bond acceptors (Lipinski definition) is 5. The summed E-state index contributed by atoms with van der Waals surface area (Å²) in [4.78, 5) is 10.5. The van der Waals surface area contributed by atoms with Crippen LogP contribution in [0.4, 0.5) is 5.69 Å². The Morgan fingerprint density at radius 2 is 1.92 bits per heavy atom. The van der Waals surface area contributed by atoms with E-state index in [0.717, 1.165) is 90.8 Å². The third-order valence-electron chi connectivity index (χ3n) is 4.78. The summed E-state index contributed by atoms with van der Waals surface area (Å²) in [5.74, 6) is 1.83. The quantitative estimate of drug-likeness (QED) is 0.706. The van der Waals surface area contributed by atoms with Crippen molar-refractivity contribution in [3.05, 3.63) is 17.2 Å². The SMILES string of the molecule is Cl.Cl.Clc1cc2[nH]c(SCC3CCOCC3)nc2cc1N1CCNCC1. The Labute approximate surface area is 175 Å². The van der Waals surface area contributed by atoms with Gasteiger partial charge < -0.3 is 19.9 Å². The van der Waals surface area contributed by atoms with Crippen LogP contribution in [-0.2, 0) is 4.74 Å². The number of nitrogens with zero attached hydrogens (tertiary/aromatic N) is 2. The molecule has 146 valence electrons. The zero-order chi connectivity index (χ0) is 16.4. The smallest absolute Gasteiger partial charge is 0.166 e. The first-order chi connectivity index (χ1) is 11.8. The molecular formula is C17H25Cl3N4OS. The predicted molar refractivity (Wildman–Crippen MR) is 115 cm³/mol. The third-order valence-corrected chi connectivity index (χ3v) is 6.19. The van der Waals surface area contributed by atoms with Crippen molar-refractivity contribution in [3.8, 4) is 0 Å². The second-order valence-corrected chi connectivity index (χ2v) is 7.88. The van der Waals surface area contributed by atoms with E-state index in [1.807, 2.05) is 17.8 Å². The molecule has 2 N–H and O–H groups in total. The van der Waals surface area contributed by atoms with E-state index >= 15 is 0 Å². The summed E-state index contributed by atoms with van der Waals surface area (Å²) in [6, 6.07) is 4.14. The molecule has 2 fully saturated rings. The topological polar surface area (TPSA) is 53.2 Å². The molecule has 1 aromatic heterocycles. The van der Waals surface area contributed by atoms with Crippen molar-refractivity contribution in [1.82, 2.24) is 15.3 Å². The average molecular weight is 440 g/mol. The molecule has 0 aliphatic carbocycles. The Kier molecular flexibility index (Phi) is 8.64. The van der Waals surface area contributed by atoms with Crippen molar-refractivity contribution in [2.75, 3.05) is 50.0 Å². The van der Waals surface area contributed by atoms with E-state index < -0.39 is 0 Å². The Bertz CT molecular complexity index is 703. The highest BCUT2D eigenvalue weighted by atomic mass is 35.5. The molecule has 3 heterocycles. The van der Waals surface area contributed by atoms with Crippen LogP contribution in [0.15, 0.2) is 17.3 Å². The van der Waals surface area contributed by atoms with Crippen LogP contribution in [-0.4, -0.2) is 55.1 Å². The number of fused-ring (bicyclic) bond motifs is 1. The number of benzene rings is 1. The number of H-pyrrole nitrogens is 1. The number of piperazine rings is 1. The monoisotopic (exact) mass is 438 g/mol. The highest BCUT2D eigenvalue weighted by molar-refractivity contribution is 7.99. The van der Waals surface area contributed by atoms with Gasteiger partial charge in [-0.05, 0) is 30.9 Å². The normalized spacial score (nSPS) is 18.4. The molecule has 0 bridgehead atoms. The maximum absolute atomic E-state index is 6.51. The summed E-state index contributed by atoms with van der Waals surface area (Å²) in [6.45, 7) is 5.77. The molecular weight excluding hydrogens is 415 g/mol.